The summed E-state index contributed by atoms with van der Waals surface area (Å²) in [7, 11) is 0. The Kier molecular flexibility index (Phi) is 6.52. The fourth-order valence-corrected chi connectivity index (χ4v) is 3.64. The maximum absolute atomic E-state index is 12.7. The van der Waals surface area contributed by atoms with Crippen molar-refractivity contribution in [2.45, 2.75) is 20.0 Å². The minimum Gasteiger partial charge on any atom is -0.379 e. The van der Waals surface area contributed by atoms with E-state index in [0.717, 1.165) is 38.4 Å². The SMILES string of the molecule is Cc1c(C(=O)NCc2cccc(CN3CCOCC3)c2)nnn1-c1cccc([N+](=O)[O-])c1. The Labute approximate surface area is 184 Å². The second kappa shape index (κ2) is 9.67. The van der Waals surface area contributed by atoms with Gasteiger partial charge in [-0.1, -0.05) is 35.5 Å². The van der Waals surface area contributed by atoms with Gasteiger partial charge in [0.2, 0.25) is 0 Å². The van der Waals surface area contributed by atoms with Crippen LogP contribution in [0.5, 0.6) is 0 Å². The number of aromatic nitrogens is 3. The quantitative estimate of drug-likeness (QED) is 0.446. The fourth-order valence-electron chi connectivity index (χ4n) is 3.64. The summed E-state index contributed by atoms with van der Waals surface area (Å²) in [4.78, 5) is 25.6. The normalized spacial score (nSPS) is 14.3. The van der Waals surface area contributed by atoms with Crippen LogP contribution >= 0.6 is 0 Å². The first-order valence-electron chi connectivity index (χ1n) is 10.3. The Balaban J connectivity index is 1.41. The number of hydrogen-bond donors (Lipinski definition) is 1. The Morgan fingerprint density at radius 2 is 1.91 bits per heavy atom. The first-order chi connectivity index (χ1) is 15.5. The van der Waals surface area contributed by atoms with Gasteiger partial charge in [0.25, 0.3) is 11.6 Å². The number of rotatable bonds is 7. The molecule has 0 saturated carbocycles. The Morgan fingerprint density at radius 3 is 2.69 bits per heavy atom. The van der Waals surface area contributed by atoms with Crippen molar-refractivity contribution < 1.29 is 14.5 Å². The number of non-ortho nitro benzene ring substituents is 1. The summed E-state index contributed by atoms with van der Waals surface area (Å²) in [6.07, 6.45) is 0. The second-order valence-electron chi connectivity index (χ2n) is 7.60. The molecule has 10 heteroatoms. The molecule has 3 aromatic rings. The third-order valence-electron chi connectivity index (χ3n) is 5.35. The van der Waals surface area contributed by atoms with E-state index in [1.165, 1.54) is 22.4 Å². The van der Waals surface area contributed by atoms with Crippen LogP contribution < -0.4 is 5.32 Å². The zero-order valence-corrected chi connectivity index (χ0v) is 17.7. The van der Waals surface area contributed by atoms with Crippen molar-refractivity contribution in [1.29, 1.82) is 0 Å². The third kappa shape index (κ3) is 4.98. The largest absolute Gasteiger partial charge is 0.379 e. The molecule has 0 bridgehead atoms. The summed E-state index contributed by atoms with van der Waals surface area (Å²) in [6.45, 7) is 6.26. The highest BCUT2D eigenvalue weighted by Gasteiger charge is 2.18. The molecule has 1 N–H and O–H groups in total. The van der Waals surface area contributed by atoms with Gasteiger partial charge in [-0.05, 0) is 24.1 Å². The summed E-state index contributed by atoms with van der Waals surface area (Å²) < 4.78 is 6.81. The van der Waals surface area contributed by atoms with Crippen LogP contribution in [0.1, 0.15) is 27.3 Å². The maximum atomic E-state index is 12.7. The van der Waals surface area contributed by atoms with Gasteiger partial charge in [0.05, 0.1) is 29.5 Å². The topological polar surface area (TPSA) is 115 Å². The van der Waals surface area contributed by atoms with E-state index in [-0.39, 0.29) is 17.3 Å². The van der Waals surface area contributed by atoms with Crippen molar-refractivity contribution in [1.82, 2.24) is 25.2 Å². The molecule has 0 aliphatic carbocycles. The molecule has 1 aromatic heterocycles. The van der Waals surface area contributed by atoms with E-state index in [2.05, 4.69) is 32.7 Å². The fraction of sp³-hybridized carbons (Fsp3) is 0.318. The highest BCUT2D eigenvalue weighted by atomic mass is 16.6. The van der Waals surface area contributed by atoms with E-state index < -0.39 is 4.92 Å². The zero-order chi connectivity index (χ0) is 22.5. The van der Waals surface area contributed by atoms with E-state index >= 15 is 0 Å². The number of nitrogens with one attached hydrogen (secondary N) is 1. The van der Waals surface area contributed by atoms with Crippen molar-refractivity contribution in [3.8, 4) is 5.69 Å². The molecule has 4 rings (SSSR count). The number of ether oxygens (including phenoxy) is 1. The molecular formula is C22H24N6O4. The molecule has 32 heavy (non-hydrogen) atoms. The van der Waals surface area contributed by atoms with E-state index in [9.17, 15) is 14.9 Å². The molecule has 0 unspecified atom stereocenters. The molecule has 0 spiro atoms. The van der Waals surface area contributed by atoms with Gasteiger partial charge in [-0.2, -0.15) is 0 Å². The van der Waals surface area contributed by atoms with E-state index in [4.69, 9.17) is 4.74 Å². The number of carbonyl (C=O) groups is 1. The van der Waals surface area contributed by atoms with Crippen LogP contribution in [0.3, 0.4) is 0 Å². The molecule has 2 heterocycles. The van der Waals surface area contributed by atoms with E-state index in [0.29, 0.717) is 17.9 Å². The van der Waals surface area contributed by atoms with Gasteiger partial charge in [-0.25, -0.2) is 4.68 Å². The second-order valence-corrected chi connectivity index (χ2v) is 7.60. The van der Waals surface area contributed by atoms with Gasteiger partial charge in [0.1, 0.15) is 0 Å². The number of nitro groups is 1. The molecule has 1 aliphatic heterocycles. The molecule has 166 valence electrons. The highest BCUT2D eigenvalue weighted by Crippen LogP contribution is 2.18. The Bertz CT molecular complexity index is 1120. The van der Waals surface area contributed by atoms with Crippen LogP contribution in [0.2, 0.25) is 0 Å². The maximum Gasteiger partial charge on any atom is 0.274 e. The van der Waals surface area contributed by atoms with Crippen LogP contribution in [0, 0.1) is 17.0 Å². The molecule has 0 radical (unpaired) electrons. The lowest BCUT2D eigenvalue weighted by Crippen LogP contribution is -2.35. The van der Waals surface area contributed by atoms with Crippen LogP contribution in [0.15, 0.2) is 48.5 Å². The molecule has 1 aliphatic rings. The number of hydrogen-bond acceptors (Lipinski definition) is 7. The first-order valence-corrected chi connectivity index (χ1v) is 10.3. The molecule has 1 amide bonds. The van der Waals surface area contributed by atoms with Crippen LogP contribution in [0.25, 0.3) is 5.69 Å². The van der Waals surface area contributed by atoms with E-state index in [1.807, 2.05) is 12.1 Å². The van der Waals surface area contributed by atoms with E-state index in [1.54, 1.807) is 19.1 Å². The van der Waals surface area contributed by atoms with Gasteiger partial charge in [-0.3, -0.25) is 19.8 Å². The highest BCUT2D eigenvalue weighted by molar-refractivity contribution is 5.93. The van der Waals surface area contributed by atoms with Gasteiger partial charge >= 0.3 is 0 Å². The lowest BCUT2D eigenvalue weighted by Gasteiger charge is -2.26. The summed E-state index contributed by atoms with van der Waals surface area (Å²) in [5, 5.41) is 21.9. The van der Waals surface area contributed by atoms with Gasteiger partial charge in [0.15, 0.2) is 5.69 Å². The number of amides is 1. The molecule has 10 nitrogen and oxygen atoms in total. The Hall–Kier alpha value is -3.63. The summed E-state index contributed by atoms with van der Waals surface area (Å²) in [5.41, 5.74) is 3.28. The van der Waals surface area contributed by atoms with Crippen molar-refractivity contribution in [3.63, 3.8) is 0 Å². The number of morpholine rings is 1. The summed E-state index contributed by atoms with van der Waals surface area (Å²) in [5.74, 6) is -0.349. The number of carbonyl (C=O) groups excluding carboxylic acids is 1. The lowest BCUT2D eigenvalue weighted by molar-refractivity contribution is -0.384. The number of nitro benzene ring substituents is 1. The standard InChI is InChI=1S/C22H24N6O4/c1-16-21(24-25-27(16)19-6-3-7-20(13-19)28(30)31)22(29)23-14-17-4-2-5-18(12-17)15-26-8-10-32-11-9-26/h2-7,12-13H,8-11,14-15H2,1H3,(H,23,29). The smallest absolute Gasteiger partial charge is 0.274 e. The predicted octanol–water partition coefficient (Wildman–Crippen LogP) is 2.25. The first kappa shape index (κ1) is 21.6. The van der Waals surface area contributed by atoms with Gasteiger partial charge in [-0.15, -0.1) is 5.10 Å². The number of nitrogens with zero attached hydrogens (tertiary/aromatic N) is 5. The monoisotopic (exact) mass is 436 g/mol. The predicted molar refractivity (Wildman–Crippen MR) is 116 cm³/mol. The summed E-state index contributed by atoms with van der Waals surface area (Å²) >= 11 is 0. The molecule has 2 aromatic carbocycles. The lowest BCUT2D eigenvalue weighted by atomic mass is 10.1. The van der Waals surface area contributed by atoms with Crippen LogP contribution in [-0.2, 0) is 17.8 Å². The van der Waals surface area contributed by atoms with Crippen molar-refractivity contribution >= 4 is 11.6 Å². The Morgan fingerprint density at radius 1 is 1.16 bits per heavy atom. The minimum absolute atomic E-state index is 0.0552. The molecule has 1 saturated heterocycles. The van der Waals surface area contributed by atoms with Gasteiger partial charge in [0, 0.05) is 38.3 Å². The van der Waals surface area contributed by atoms with Crippen molar-refractivity contribution in [2.75, 3.05) is 26.3 Å². The molecule has 0 atom stereocenters. The molecule has 1 fully saturated rings. The van der Waals surface area contributed by atoms with Crippen LogP contribution in [0.4, 0.5) is 5.69 Å². The van der Waals surface area contributed by atoms with Crippen molar-refractivity contribution in [3.05, 3.63) is 81.2 Å². The summed E-state index contributed by atoms with van der Waals surface area (Å²) in [6, 6.07) is 14.2. The third-order valence-corrected chi connectivity index (χ3v) is 5.35. The zero-order valence-electron chi connectivity index (χ0n) is 17.7. The number of benzene rings is 2. The minimum atomic E-state index is -0.476. The van der Waals surface area contributed by atoms with Gasteiger partial charge < -0.3 is 10.1 Å². The van der Waals surface area contributed by atoms with Crippen molar-refractivity contribution in [2.24, 2.45) is 0 Å². The average molecular weight is 436 g/mol. The average Bonchev–Trinajstić information content (AvgIpc) is 3.20. The molecular weight excluding hydrogens is 412 g/mol. The van der Waals surface area contributed by atoms with Crippen LogP contribution in [-0.4, -0.2) is 57.0 Å².